The van der Waals surface area contributed by atoms with Crippen molar-refractivity contribution in [3.05, 3.63) is 66.4 Å². The van der Waals surface area contributed by atoms with Crippen LogP contribution in [0.3, 0.4) is 0 Å². The molecule has 0 nitrogen and oxygen atoms in total. The summed E-state index contributed by atoms with van der Waals surface area (Å²) in [6, 6.07) is 10.4. The van der Waals surface area contributed by atoms with E-state index in [1.807, 2.05) is 6.07 Å². The zero-order chi connectivity index (χ0) is 10.4. The van der Waals surface area contributed by atoms with Crippen LogP contribution in [-0.4, -0.2) is 8.07 Å². The summed E-state index contributed by atoms with van der Waals surface area (Å²) >= 11 is 0. The van der Waals surface area contributed by atoms with Crippen LogP contribution in [0.2, 0.25) is 6.55 Å². The predicted octanol–water partition coefficient (Wildman–Crippen LogP) is 2.73. The van der Waals surface area contributed by atoms with E-state index < -0.39 is 8.07 Å². The maximum Gasteiger partial charge on any atom is 0.146 e. The molecule has 1 heteroatoms. The molecular formula is C13H14Si. The second-order valence-electron chi connectivity index (χ2n) is 3.35. The molecule has 0 amide bonds. The fraction of sp³-hybridized carbons (Fsp3) is 0.0769. The molecule has 0 aromatic heterocycles. The van der Waals surface area contributed by atoms with Crippen molar-refractivity contribution in [3.8, 4) is 0 Å². The number of hydrogen-bond acceptors (Lipinski definition) is 0. The summed E-state index contributed by atoms with van der Waals surface area (Å²) in [7, 11) is -1.72. The minimum atomic E-state index is -1.72. The van der Waals surface area contributed by atoms with Crippen LogP contribution >= 0.6 is 0 Å². The van der Waals surface area contributed by atoms with Gasteiger partial charge < -0.3 is 0 Å². The molecule has 14 heavy (non-hydrogen) atoms. The molecule has 0 unspecified atom stereocenters. The Morgan fingerprint density at radius 1 is 1.07 bits per heavy atom. The van der Waals surface area contributed by atoms with Gasteiger partial charge in [-0.25, -0.2) is 0 Å². The zero-order valence-electron chi connectivity index (χ0n) is 8.46. The van der Waals surface area contributed by atoms with Crippen LogP contribution in [0.15, 0.2) is 66.4 Å². The highest BCUT2D eigenvalue weighted by Gasteiger charge is 2.22. The third-order valence-corrected chi connectivity index (χ3v) is 5.38. The van der Waals surface area contributed by atoms with Crippen molar-refractivity contribution in [2.24, 2.45) is 0 Å². The van der Waals surface area contributed by atoms with Crippen LogP contribution in [0.1, 0.15) is 0 Å². The first kappa shape index (κ1) is 10.6. The van der Waals surface area contributed by atoms with Gasteiger partial charge in [0.05, 0.1) is 0 Å². The van der Waals surface area contributed by atoms with Gasteiger partial charge >= 0.3 is 0 Å². The first-order valence-electron chi connectivity index (χ1n) is 4.52. The van der Waals surface area contributed by atoms with Crippen molar-refractivity contribution >= 4 is 13.3 Å². The van der Waals surface area contributed by atoms with Gasteiger partial charge in [-0.2, -0.15) is 0 Å². The summed E-state index contributed by atoms with van der Waals surface area (Å²) in [5.41, 5.74) is 9.87. The Labute approximate surface area is 86.6 Å². The molecule has 0 aliphatic heterocycles. The van der Waals surface area contributed by atoms with Gasteiger partial charge in [0, 0.05) is 0 Å². The van der Waals surface area contributed by atoms with Gasteiger partial charge in [0.15, 0.2) is 0 Å². The minimum absolute atomic E-state index is 1.33. The predicted molar refractivity (Wildman–Crippen MR) is 65.1 cm³/mol. The standard InChI is InChI=1S/C13H14Si/c1-4-11-14(3,12-5-2)13-9-7-6-8-10-13/h6-12H,1-2H2,3H3. The van der Waals surface area contributed by atoms with E-state index in [0.717, 1.165) is 0 Å². The minimum Gasteiger partial charge on any atom is -0.137 e. The molecule has 0 atom stereocenters. The normalized spacial score (nSPS) is 13.2. The SMILES string of the molecule is C=C=C[Si](C)(C=C=C)c1ccccc1. The smallest absolute Gasteiger partial charge is 0.137 e. The van der Waals surface area contributed by atoms with Gasteiger partial charge in [-0.3, -0.25) is 0 Å². The monoisotopic (exact) mass is 198 g/mol. The van der Waals surface area contributed by atoms with E-state index in [1.165, 1.54) is 5.19 Å². The summed E-state index contributed by atoms with van der Waals surface area (Å²) in [6.45, 7) is 9.50. The van der Waals surface area contributed by atoms with E-state index in [9.17, 15) is 0 Å². The van der Waals surface area contributed by atoms with Crippen LogP contribution in [0, 0.1) is 0 Å². The summed E-state index contributed by atoms with van der Waals surface area (Å²) in [5, 5.41) is 1.33. The first-order chi connectivity index (χ1) is 6.73. The fourth-order valence-corrected chi connectivity index (χ4v) is 3.61. The third-order valence-electron chi connectivity index (χ3n) is 2.20. The van der Waals surface area contributed by atoms with E-state index >= 15 is 0 Å². The van der Waals surface area contributed by atoms with E-state index in [-0.39, 0.29) is 0 Å². The van der Waals surface area contributed by atoms with E-state index in [1.54, 1.807) is 0 Å². The van der Waals surface area contributed by atoms with E-state index in [2.05, 4.69) is 66.8 Å². The molecule has 1 aromatic rings. The molecule has 1 aromatic carbocycles. The van der Waals surface area contributed by atoms with Crippen molar-refractivity contribution in [2.75, 3.05) is 0 Å². The molecule has 0 spiro atoms. The Hall–Kier alpha value is -1.52. The Balaban J connectivity index is 3.25. The topological polar surface area (TPSA) is 0 Å². The number of hydrogen-bond donors (Lipinski definition) is 0. The Morgan fingerprint density at radius 3 is 2.00 bits per heavy atom. The van der Waals surface area contributed by atoms with Crippen molar-refractivity contribution in [1.82, 2.24) is 0 Å². The molecule has 0 aliphatic rings. The summed E-state index contributed by atoms with van der Waals surface area (Å²) in [4.78, 5) is 0. The highest BCUT2D eigenvalue weighted by atomic mass is 28.3. The molecule has 1 rings (SSSR count). The molecule has 0 N–H and O–H groups in total. The van der Waals surface area contributed by atoms with Gasteiger partial charge in [-0.05, 0) is 16.6 Å². The second-order valence-corrected chi connectivity index (χ2v) is 7.07. The van der Waals surface area contributed by atoms with Gasteiger partial charge in [0.25, 0.3) is 0 Å². The molecule has 0 saturated carbocycles. The second kappa shape index (κ2) is 4.64. The van der Waals surface area contributed by atoms with E-state index in [4.69, 9.17) is 0 Å². The fourth-order valence-electron chi connectivity index (χ4n) is 1.43. The van der Waals surface area contributed by atoms with Crippen LogP contribution in [-0.2, 0) is 0 Å². The molecule has 0 heterocycles. The molecule has 70 valence electrons. The number of benzene rings is 1. The quantitative estimate of drug-likeness (QED) is 0.517. The van der Waals surface area contributed by atoms with Crippen molar-refractivity contribution in [2.45, 2.75) is 6.55 Å². The van der Waals surface area contributed by atoms with Crippen LogP contribution in [0.25, 0.3) is 0 Å². The van der Waals surface area contributed by atoms with Crippen LogP contribution in [0.4, 0.5) is 0 Å². The Bertz CT molecular complexity index is 373. The van der Waals surface area contributed by atoms with Crippen LogP contribution < -0.4 is 5.19 Å². The largest absolute Gasteiger partial charge is 0.146 e. The zero-order valence-corrected chi connectivity index (χ0v) is 9.46. The molecule has 0 saturated heterocycles. The van der Waals surface area contributed by atoms with Gasteiger partial charge in [0.2, 0.25) is 0 Å². The van der Waals surface area contributed by atoms with Crippen molar-refractivity contribution < 1.29 is 0 Å². The van der Waals surface area contributed by atoms with Gasteiger partial charge in [-0.15, -0.1) is 11.5 Å². The lowest BCUT2D eigenvalue weighted by Gasteiger charge is -2.17. The summed E-state index contributed by atoms with van der Waals surface area (Å²) in [5.74, 6) is 0. The highest BCUT2D eigenvalue weighted by molar-refractivity contribution is 6.98. The van der Waals surface area contributed by atoms with E-state index in [0.29, 0.717) is 0 Å². The molecule has 0 fully saturated rings. The highest BCUT2D eigenvalue weighted by Crippen LogP contribution is 2.06. The molecule has 0 bridgehead atoms. The molecular weight excluding hydrogens is 184 g/mol. The summed E-state index contributed by atoms with van der Waals surface area (Å²) < 4.78 is 0. The maximum atomic E-state index is 3.64. The average Bonchev–Trinajstić information content (AvgIpc) is 2.20. The lowest BCUT2D eigenvalue weighted by molar-refractivity contribution is 1.73. The van der Waals surface area contributed by atoms with Crippen LogP contribution in [0.5, 0.6) is 0 Å². The van der Waals surface area contributed by atoms with Gasteiger partial charge in [-0.1, -0.05) is 50.0 Å². The third kappa shape index (κ3) is 2.24. The average molecular weight is 198 g/mol. The first-order valence-corrected chi connectivity index (χ1v) is 7.18. The lowest BCUT2D eigenvalue weighted by Crippen LogP contribution is -2.40. The number of rotatable bonds is 3. The van der Waals surface area contributed by atoms with Gasteiger partial charge in [0.1, 0.15) is 8.07 Å². The molecule has 0 aliphatic carbocycles. The maximum absolute atomic E-state index is 3.64. The Morgan fingerprint density at radius 2 is 1.57 bits per heavy atom. The van der Waals surface area contributed by atoms with Crippen molar-refractivity contribution in [3.63, 3.8) is 0 Å². The Kier molecular flexibility index (Phi) is 3.50. The lowest BCUT2D eigenvalue weighted by atomic mass is 10.4. The summed E-state index contributed by atoms with van der Waals surface area (Å²) in [6.07, 6.45) is 0. The molecule has 0 radical (unpaired) electrons. The van der Waals surface area contributed by atoms with Crippen molar-refractivity contribution in [1.29, 1.82) is 0 Å².